The Labute approximate surface area is 174 Å². The van der Waals surface area contributed by atoms with Crippen molar-refractivity contribution in [2.45, 2.75) is 12.5 Å². The zero-order valence-corrected chi connectivity index (χ0v) is 16.8. The molecule has 6 nitrogen and oxygen atoms in total. The van der Waals surface area contributed by atoms with Gasteiger partial charge in [0.25, 0.3) is 5.91 Å². The third kappa shape index (κ3) is 3.31. The van der Waals surface area contributed by atoms with Gasteiger partial charge in [0.2, 0.25) is 5.91 Å². The number of anilines is 2. The molecule has 0 spiro atoms. The van der Waals surface area contributed by atoms with E-state index in [-0.39, 0.29) is 12.5 Å². The average Bonchev–Trinajstić information content (AvgIpc) is 2.97. The largest absolute Gasteiger partial charge is 0.497 e. The SMILES string of the molecule is COc1ccc(NC(=O)CN2C(=O)[C@@](O)(c3cccc(C)c3)c3ccccc32)cc1. The lowest BCUT2D eigenvalue weighted by molar-refractivity contribution is -0.133. The van der Waals surface area contributed by atoms with Gasteiger partial charge in [0.05, 0.1) is 12.8 Å². The molecule has 0 bridgehead atoms. The molecular formula is C24H22N2O4. The molecule has 0 aliphatic carbocycles. The van der Waals surface area contributed by atoms with Crippen molar-refractivity contribution in [3.8, 4) is 5.75 Å². The Bertz CT molecular complexity index is 1110. The highest BCUT2D eigenvalue weighted by Crippen LogP contribution is 2.44. The van der Waals surface area contributed by atoms with E-state index in [0.29, 0.717) is 28.3 Å². The molecule has 0 saturated carbocycles. The first-order valence-electron chi connectivity index (χ1n) is 9.58. The van der Waals surface area contributed by atoms with Crippen LogP contribution in [0.25, 0.3) is 0 Å². The first-order chi connectivity index (χ1) is 14.4. The second kappa shape index (κ2) is 7.65. The Morgan fingerprint density at radius 3 is 2.50 bits per heavy atom. The van der Waals surface area contributed by atoms with Crippen molar-refractivity contribution in [2.24, 2.45) is 0 Å². The van der Waals surface area contributed by atoms with Gasteiger partial charge in [-0.3, -0.25) is 14.5 Å². The van der Waals surface area contributed by atoms with E-state index < -0.39 is 11.5 Å². The zero-order valence-electron chi connectivity index (χ0n) is 16.8. The minimum atomic E-state index is -1.83. The van der Waals surface area contributed by atoms with Crippen molar-refractivity contribution in [2.75, 3.05) is 23.9 Å². The maximum absolute atomic E-state index is 13.3. The lowest BCUT2D eigenvalue weighted by Crippen LogP contribution is -2.44. The quantitative estimate of drug-likeness (QED) is 0.687. The zero-order chi connectivity index (χ0) is 21.3. The molecule has 1 aliphatic heterocycles. The highest BCUT2D eigenvalue weighted by Gasteiger charge is 2.51. The molecule has 1 heterocycles. The lowest BCUT2D eigenvalue weighted by atomic mass is 9.87. The van der Waals surface area contributed by atoms with E-state index in [1.165, 1.54) is 4.90 Å². The molecule has 2 amide bonds. The molecule has 1 aliphatic rings. The first kappa shape index (κ1) is 19.7. The number of hydrogen-bond donors (Lipinski definition) is 2. The van der Waals surface area contributed by atoms with E-state index in [9.17, 15) is 14.7 Å². The molecule has 4 rings (SSSR count). The fraction of sp³-hybridized carbons (Fsp3) is 0.167. The molecule has 0 radical (unpaired) electrons. The van der Waals surface area contributed by atoms with E-state index in [0.717, 1.165) is 5.56 Å². The van der Waals surface area contributed by atoms with Crippen LogP contribution in [0, 0.1) is 6.92 Å². The Hall–Kier alpha value is -3.64. The molecule has 2 N–H and O–H groups in total. The highest BCUT2D eigenvalue weighted by atomic mass is 16.5. The van der Waals surface area contributed by atoms with Gasteiger partial charge in [-0.2, -0.15) is 0 Å². The van der Waals surface area contributed by atoms with Crippen LogP contribution in [-0.2, 0) is 15.2 Å². The fourth-order valence-electron chi connectivity index (χ4n) is 3.76. The number of rotatable bonds is 5. The lowest BCUT2D eigenvalue weighted by Gasteiger charge is -2.24. The van der Waals surface area contributed by atoms with E-state index in [1.807, 2.05) is 13.0 Å². The van der Waals surface area contributed by atoms with Gasteiger partial charge < -0.3 is 15.2 Å². The minimum absolute atomic E-state index is 0.212. The molecule has 3 aromatic carbocycles. The van der Waals surface area contributed by atoms with Crippen LogP contribution in [0.3, 0.4) is 0 Å². The van der Waals surface area contributed by atoms with Gasteiger partial charge in [-0.05, 0) is 42.8 Å². The van der Waals surface area contributed by atoms with Crippen molar-refractivity contribution in [3.05, 3.63) is 89.5 Å². The van der Waals surface area contributed by atoms with Gasteiger partial charge in [-0.1, -0.05) is 48.0 Å². The third-order valence-electron chi connectivity index (χ3n) is 5.25. The maximum atomic E-state index is 13.3. The predicted molar refractivity (Wildman–Crippen MR) is 115 cm³/mol. The molecule has 3 aromatic rings. The Kier molecular flexibility index (Phi) is 5.01. The first-order valence-corrected chi connectivity index (χ1v) is 9.58. The normalized spacial score (nSPS) is 17.6. The molecule has 1 atom stereocenters. The van der Waals surface area contributed by atoms with Crippen LogP contribution in [0.1, 0.15) is 16.7 Å². The number of para-hydroxylation sites is 1. The van der Waals surface area contributed by atoms with Crippen LogP contribution < -0.4 is 15.0 Å². The summed E-state index contributed by atoms with van der Waals surface area (Å²) in [7, 11) is 1.57. The van der Waals surface area contributed by atoms with Crippen molar-refractivity contribution in [1.29, 1.82) is 0 Å². The molecule has 0 fully saturated rings. The van der Waals surface area contributed by atoms with Gasteiger partial charge >= 0.3 is 0 Å². The number of ether oxygens (including phenoxy) is 1. The summed E-state index contributed by atoms with van der Waals surface area (Å²) < 4.78 is 5.11. The van der Waals surface area contributed by atoms with E-state index >= 15 is 0 Å². The molecule has 6 heteroatoms. The summed E-state index contributed by atoms with van der Waals surface area (Å²) in [5.41, 5.74) is 1.17. The number of aliphatic hydroxyl groups is 1. The topological polar surface area (TPSA) is 78.9 Å². The summed E-state index contributed by atoms with van der Waals surface area (Å²) in [5.74, 6) is -0.226. The summed E-state index contributed by atoms with van der Waals surface area (Å²) in [6.45, 7) is 1.69. The monoisotopic (exact) mass is 402 g/mol. The van der Waals surface area contributed by atoms with Gasteiger partial charge in [0.15, 0.2) is 5.60 Å². The van der Waals surface area contributed by atoms with Crippen LogP contribution in [0.4, 0.5) is 11.4 Å². The number of carbonyl (C=O) groups is 2. The Morgan fingerprint density at radius 2 is 1.80 bits per heavy atom. The summed E-state index contributed by atoms with van der Waals surface area (Å²) in [6, 6.07) is 21.1. The second-order valence-electron chi connectivity index (χ2n) is 7.27. The standard InChI is InChI=1S/C24H22N2O4/c1-16-6-5-7-17(14-16)24(29)20-8-3-4-9-21(20)26(23(24)28)15-22(27)25-18-10-12-19(30-2)13-11-18/h3-14,29H,15H2,1-2H3,(H,25,27)/t24-/m1/s1. The van der Waals surface area contributed by atoms with Crippen molar-refractivity contribution >= 4 is 23.2 Å². The van der Waals surface area contributed by atoms with Crippen LogP contribution in [0.5, 0.6) is 5.75 Å². The number of methoxy groups -OCH3 is 1. The summed E-state index contributed by atoms with van der Waals surface area (Å²) >= 11 is 0. The van der Waals surface area contributed by atoms with Gasteiger partial charge in [0, 0.05) is 11.3 Å². The predicted octanol–water partition coefficient (Wildman–Crippen LogP) is 3.22. The minimum Gasteiger partial charge on any atom is -0.497 e. The average molecular weight is 402 g/mol. The van der Waals surface area contributed by atoms with Crippen LogP contribution >= 0.6 is 0 Å². The van der Waals surface area contributed by atoms with Gasteiger partial charge in [0.1, 0.15) is 12.3 Å². The number of aryl methyl sites for hydroxylation is 1. The number of amides is 2. The fourth-order valence-corrected chi connectivity index (χ4v) is 3.76. The van der Waals surface area contributed by atoms with Crippen LogP contribution in [0.2, 0.25) is 0 Å². The summed E-state index contributed by atoms with van der Waals surface area (Å²) in [4.78, 5) is 27.3. The van der Waals surface area contributed by atoms with Crippen molar-refractivity contribution in [3.63, 3.8) is 0 Å². The number of benzene rings is 3. The number of nitrogens with one attached hydrogen (secondary N) is 1. The van der Waals surface area contributed by atoms with Crippen molar-refractivity contribution < 1.29 is 19.4 Å². The van der Waals surface area contributed by atoms with Gasteiger partial charge in [-0.25, -0.2) is 0 Å². The highest BCUT2D eigenvalue weighted by molar-refractivity contribution is 6.12. The Balaban J connectivity index is 1.62. The van der Waals surface area contributed by atoms with Crippen LogP contribution in [-0.4, -0.2) is 30.6 Å². The summed E-state index contributed by atoms with van der Waals surface area (Å²) in [6.07, 6.45) is 0. The number of nitrogens with zero attached hydrogens (tertiary/aromatic N) is 1. The number of fused-ring (bicyclic) bond motifs is 1. The molecule has 152 valence electrons. The molecule has 0 unspecified atom stereocenters. The smallest absolute Gasteiger partial charge is 0.268 e. The summed E-state index contributed by atoms with van der Waals surface area (Å²) in [5, 5.41) is 14.3. The number of hydrogen-bond acceptors (Lipinski definition) is 4. The molecule has 0 saturated heterocycles. The molecule has 0 aromatic heterocycles. The van der Waals surface area contributed by atoms with E-state index in [4.69, 9.17) is 4.74 Å². The number of carbonyl (C=O) groups excluding carboxylic acids is 2. The maximum Gasteiger partial charge on any atom is 0.268 e. The third-order valence-corrected chi connectivity index (χ3v) is 5.25. The Morgan fingerprint density at radius 1 is 1.07 bits per heavy atom. The van der Waals surface area contributed by atoms with Gasteiger partial charge in [-0.15, -0.1) is 0 Å². The second-order valence-corrected chi connectivity index (χ2v) is 7.27. The van der Waals surface area contributed by atoms with Crippen molar-refractivity contribution in [1.82, 2.24) is 0 Å². The van der Waals surface area contributed by atoms with E-state index in [2.05, 4.69) is 5.32 Å². The molecule has 30 heavy (non-hydrogen) atoms. The van der Waals surface area contributed by atoms with Crippen LogP contribution in [0.15, 0.2) is 72.8 Å². The van der Waals surface area contributed by atoms with E-state index in [1.54, 1.807) is 73.8 Å². The molecular weight excluding hydrogens is 380 g/mol.